The van der Waals surface area contributed by atoms with Gasteiger partial charge in [-0.05, 0) is 43.0 Å². The summed E-state index contributed by atoms with van der Waals surface area (Å²) in [6.45, 7) is 6.12. The fourth-order valence-electron chi connectivity index (χ4n) is 3.59. The lowest BCUT2D eigenvalue weighted by molar-refractivity contribution is 0.103. The molecule has 4 rings (SSSR count). The van der Waals surface area contributed by atoms with E-state index in [1.165, 1.54) is 5.56 Å². The average molecular weight is 372 g/mol. The lowest BCUT2D eigenvalue weighted by Crippen LogP contribution is -2.03. The van der Waals surface area contributed by atoms with Crippen molar-refractivity contribution in [1.29, 1.82) is 0 Å². The quantitative estimate of drug-likeness (QED) is 0.412. The zero-order chi connectivity index (χ0) is 19.0. The van der Waals surface area contributed by atoms with Gasteiger partial charge in [-0.15, -0.1) is 11.3 Å². The Balaban J connectivity index is 1.87. The molecule has 1 heterocycles. The highest BCUT2D eigenvalue weighted by molar-refractivity contribution is 7.09. The van der Waals surface area contributed by atoms with E-state index in [0.29, 0.717) is 0 Å². The summed E-state index contributed by atoms with van der Waals surface area (Å²) >= 11 is 1.68. The Morgan fingerprint density at radius 3 is 2.30 bits per heavy atom. The molecule has 1 aromatic carbocycles. The van der Waals surface area contributed by atoms with Gasteiger partial charge in [-0.2, -0.15) is 0 Å². The molecule has 134 valence electrons. The van der Waals surface area contributed by atoms with Crippen LogP contribution < -0.4 is 0 Å². The number of nitrogens with zero attached hydrogens (tertiary/aromatic N) is 1. The minimum Gasteiger partial charge on any atom is -0.289 e. The standard InChI is InChI=1S/C24H21NOS/c1-15-9-11-18(12-10-15)24(26)23-17(3)21(13-22-25-16(2)14-27-22)19-7-5-4-6-8-20(19)23/h4-12,14H,13H2,1-3H3. The minimum atomic E-state index is 0.0882. The van der Waals surface area contributed by atoms with Crippen LogP contribution in [0, 0.1) is 20.8 Å². The average Bonchev–Trinajstić information content (AvgIpc) is 3.06. The van der Waals surface area contributed by atoms with Crippen molar-refractivity contribution in [3.8, 4) is 11.1 Å². The molecule has 0 saturated carbocycles. The Labute approximate surface area is 163 Å². The zero-order valence-corrected chi connectivity index (χ0v) is 16.6. The van der Waals surface area contributed by atoms with Crippen LogP contribution in [0.3, 0.4) is 0 Å². The van der Waals surface area contributed by atoms with Gasteiger partial charge in [-0.3, -0.25) is 4.79 Å². The molecule has 2 nitrogen and oxygen atoms in total. The Morgan fingerprint density at radius 2 is 1.63 bits per heavy atom. The van der Waals surface area contributed by atoms with Crippen LogP contribution in [0.4, 0.5) is 0 Å². The molecule has 27 heavy (non-hydrogen) atoms. The molecule has 0 radical (unpaired) electrons. The Bertz CT molecular complexity index is 1090. The Hall–Kier alpha value is -2.78. The van der Waals surface area contributed by atoms with Gasteiger partial charge in [-0.25, -0.2) is 4.98 Å². The second-order valence-electron chi connectivity index (χ2n) is 6.97. The maximum absolute atomic E-state index is 13.4. The van der Waals surface area contributed by atoms with E-state index in [1.807, 2.05) is 56.3 Å². The molecule has 0 bridgehead atoms. The molecule has 1 aromatic heterocycles. The largest absolute Gasteiger partial charge is 0.289 e. The number of aromatic nitrogens is 1. The first-order valence-electron chi connectivity index (χ1n) is 9.07. The highest BCUT2D eigenvalue weighted by Crippen LogP contribution is 2.38. The van der Waals surface area contributed by atoms with E-state index < -0.39 is 0 Å². The molecule has 2 aliphatic rings. The van der Waals surface area contributed by atoms with Crippen LogP contribution in [0.5, 0.6) is 0 Å². The summed E-state index contributed by atoms with van der Waals surface area (Å²) in [7, 11) is 0. The van der Waals surface area contributed by atoms with Gasteiger partial charge in [0.2, 0.25) is 0 Å². The van der Waals surface area contributed by atoms with E-state index >= 15 is 0 Å². The van der Waals surface area contributed by atoms with Crippen LogP contribution in [-0.2, 0) is 6.42 Å². The van der Waals surface area contributed by atoms with Crippen molar-refractivity contribution in [3.63, 3.8) is 0 Å². The molecule has 2 aliphatic carbocycles. The number of hydrogen-bond acceptors (Lipinski definition) is 3. The third kappa shape index (κ3) is 3.31. The first-order chi connectivity index (χ1) is 13.0. The van der Waals surface area contributed by atoms with Crippen LogP contribution in [0.2, 0.25) is 0 Å². The molecular weight excluding hydrogens is 350 g/mol. The number of fused-ring (bicyclic) bond motifs is 1. The van der Waals surface area contributed by atoms with E-state index in [1.54, 1.807) is 11.3 Å². The fraction of sp³-hybridized carbons (Fsp3) is 0.167. The topological polar surface area (TPSA) is 30.0 Å². The first kappa shape index (κ1) is 17.6. The molecule has 0 spiro atoms. The maximum atomic E-state index is 13.4. The number of benzene rings is 1. The van der Waals surface area contributed by atoms with Crippen molar-refractivity contribution in [2.45, 2.75) is 27.2 Å². The van der Waals surface area contributed by atoms with Gasteiger partial charge in [0, 0.05) is 28.6 Å². The molecule has 0 unspecified atom stereocenters. The smallest absolute Gasteiger partial charge is 0.193 e. The van der Waals surface area contributed by atoms with Crippen LogP contribution in [0.1, 0.15) is 43.3 Å². The molecule has 2 aromatic rings. The predicted octanol–water partition coefficient (Wildman–Crippen LogP) is 5.99. The molecule has 0 aliphatic heterocycles. The number of carbonyl (C=O) groups is 1. The predicted molar refractivity (Wildman–Crippen MR) is 112 cm³/mol. The molecule has 3 heteroatoms. The first-order valence-corrected chi connectivity index (χ1v) is 9.95. The van der Waals surface area contributed by atoms with Gasteiger partial charge in [0.05, 0.1) is 5.01 Å². The number of ketones is 1. The van der Waals surface area contributed by atoms with Gasteiger partial charge in [0.15, 0.2) is 5.78 Å². The van der Waals surface area contributed by atoms with E-state index in [9.17, 15) is 4.79 Å². The van der Waals surface area contributed by atoms with Gasteiger partial charge in [-0.1, -0.05) is 60.2 Å². The summed E-state index contributed by atoms with van der Waals surface area (Å²) in [5, 5.41) is 3.16. The highest BCUT2D eigenvalue weighted by Gasteiger charge is 2.25. The van der Waals surface area contributed by atoms with Crippen molar-refractivity contribution in [1.82, 2.24) is 4.98 Å². The van der Waals surface area contributed by atoms with Gasteiger partial charge in [0.25, 0.3) is 0 Å². The van der Waals surface area contributed by atoms with Crippen molar-refractivity contribution in [2.24, 2.45) is 0 Å². The van der Waals surface area contributed by atoms with Crippen molar-refractivity contribution in [3.05, 3.63) is 98.5 Å². The fourth-order valence-corrected chi connectivity index (χ4v) is 4.37. The molecule has 0 fully saturated rings. The second-order valence-corrected chi connectivity index (χ2v) is 7.91. The molecule has 0 N–H and O–H groups in total. The van der Waals surface area contributed by atoms with Gasteiger partial charge in [0.1, 0.15) is 0 Å². The van der Waals surface area contributed by atoms with E-state index in [-0.39, 0.29) is 5.78 Å². The second kappa shape index (κ2) is 7.09. The number of rotatable bonds is 4. The zero-order valence-electron chi connectivity index (χ0n) is 15.7. The molecule has 0 saturated heterocycles. The summed E-state index contributed by atoms with van der Waals surface area (Å²) in [6, 6.07) is 18.0. The van der Waals surface area contributed by atoms with Crippen molar-refractivity contribution in [2.75, 3.05) is 0 Å². The van der Waals surface area contributed by atoms with Crippen LogP contribution in [0.25, 0.3) is 11.1 Å². The third-order valence-corrected chi connectivity index (χ3v) is 5.96. The number of hydrogen-bond donors (Lipinski definition) is 0. The summed E-state index contributed by atoms with van der Waals surface area (Å²) in [6.07, 6.45) is 0.756. The Kier molecular flexibility index (Phi) is 4.63. The number of aryl methyl sites for hydroxylation is 2. The Morgan fingerprint density at radius 1 is 0.926 bits per heavy atom. The highest BCUT2D eigenvalue weighted by atomic mass is 32.1. The lowest BCUT2D eigenvalue weighted by Gasteiger charge is -2.04. The third-order valence-electron chi connectivity index (χ3n) is 5.00. The summed E-state index contributed by atoms with van der Waals surface area (Å²) in [5.41, 5.74) is 8.17. The van der Waals surface area contributed by atoms with Gasteiger partial charge < -0.3 is 0 Å². The summed E-state index contributed by atoms with van der Waals surface area (Å²) in [4.78, 5) is 18.0. The van der Waals surface area contributed by atoms with E-state index in [4.69, 9.17) is 0 Å². The number of thiazole rings is 1. The van der Waals surface area contributed by atoms with Crippen LogP contribution in [-0.4, -0.2) is 10.8 Å². The molecule has 0 atom stereocenters. The normalized spacial score (nSPS) is 11.1. The minimum absolute atomic E-state index is 0.0882. The van der Waals surface area contributed by atoms with Gasteiger partial charge >= 0.3 is 0 Å². The van der Waals surface area contributed by atoms with E-state index in [0.717, 1.165) is 50.5 Å². The lowest BCUT2D eigenvalue weighted by atomic mass is 9.98. The maximum Gasteiger partial charge on any atom is 0.193 e. The summed E-state index contributed by atoms with van der Waals surface area (Å²) < 4.78 is 0. The monoisotopic (exact) mass is 371 g/mol. The van der Waals surface area contributed by atoms with Crippen molar-refractivity contribution < 1.29 is 4.79 Å². The van der Waals surface area contributed by atoms with E-state index in [2.05, 4.69) is 29.4 Å². The SMILES string of the molecule is Cc1ccc(C(=O)c2c3cccccc-3c(Cc3nc(C)cs3)c2C)cc1. The number of carbonyl (C=O) groups excluding carboxylic acids is 1. The summed E-state index contributed by atoms with van der Waals surface area (Å²) in [5.74, 6) is 0.0882. The van der Waals surface area contributed by atoms with Crippen LogP contribution >= 0.6 is 11.3 Å². The van der Waals surface area contributed by atoms with Crippen LogP contribution in [0.15, 0.2) is 60.0 Å². The molecular formula is C24H21NOS. The molecule has 0 amide bonds. The van der Waals surface area contributed by atoms with Crippen molar-refractivity contribution >= 4 is 17.1 Å².